The normalized spacial score (nSPS) is 22.8. The minimum Gasteiger partial charge on any atom is -0.390 e. The molecule has 7 heteroatoms. The fraction of sp³-hybridized carbons (Fsp3) is 0.462. The number of morpholine rings is 1. The van der Waals surface area contributed by atoms with Gasteiger partial charge in [0.15, 0.2) is 0 Å². The van der Waals surface area contributed by atoms with Gasteiger partial charge in [0.1, 0.15) is 0 Å². The van der Waals surface area contributed by atoms with E-state index in [4.69, 9.17) is 4.74 Å². The molecule has 2 aromatic carbocycles. The van der Waals surface area contributed by atoms with Crippen molar-refractivity contribution in [2.45, 2.75) is 49.9 Å². The van der Waals surface area contributed by atoms with Crippen LogP contribution in [0.1, 0.15) is 44.7 Å². The van der Waals surface area contributed by atoms with Crippen molar-refractivity contribution in [3.63, 3.8) is 0 Å². The molecular formula is C26H31N3O4. The van der Waals surface area contributed by atoms with E-state index in [9.17, 15) is 14.7 Å². The topological polar surface area (TPSA) is 90.9 Å². The van der Waals surface area contributed by atoms with Crippen LogP contribution in [0, 0.1) is 0 Å². The fourth-order valence-electron chi connectivity index (χ4n) is 5.26. The van der Waals surface area contributed by atoms with Gasteiger partial charge in [-0.25, -0.2) is 0 Å². The Hall–Kier alpha value is -2.74. The standard InChI is InChI=1S/C26H31N3O4/c30-24(13-27-21-11-19-3-1-2-4-20(19)12-21)14-28-25(31)17-5-7-18(8-6-17)26(32)29-22-9-10-23(29)16-33-15-22/h1-8,21-24,27,30H,9-16H2,(H,28,31)/t22?,23?,24-/m0/s1. The Labute approximate surface area is 194 Å². The smallest absolute Gasteiger partial charge is 0.254 e. The third-order valence-corrected chi connectivity index (χ3v) is 7.06. The highest BCUT2D eigenvalue weighted by Crippen LogP contribution is 2.30. The first-order valence-corrected chi connectivity index (χ1v) is 11.9. The number of aliphatic hydroxyl groups excluding tert-OH is 1. The molecule has 2 unspecified atom stereocenters. The summed E-state index contributed by atoms with van der Waals surface area (Å²) in [4.78, 5) is 27.4. The number of hydrogen-bond donors (Lipinski definition) is 3. The summed E-state index contributed by atoms with van der Waals surface area (Å²) in [5, 5.41) is 16.5. The minimum absolute atomic E-state index is 0.00770. The van der Waals surface area contributed by atoms with Gasteiger partial charge < -0.3 is 25.4 Å². The molecule has 174 valence electrons. The molecule has 2 fully saturated rings. The maximum absolute atomic E-state index is 12.9. The quantitative estimate of drug-likeness (QED) is 0.597. The lowest BCUT2D eigenvalue weighted by Crippen LogP contribution is -2.49. The lowest BCUT2D eigenvalue weighted by molar-refractivity contribution is -0.00716. The first-order chi connectivity index (χ1) is 16.1. The Balaban J connectivity index is 1.08. The van der Waals surface area contributed by atoms with Crippen LogP contribution in [-0.2, 0) is 17.6 Å². The lowest BCUT2D eigenvalue weighted by atomic mass is 10.1. The molecule has 2 bridgehead atoms. The number of fused-ring (bicyclic) bond motifs is 3. The van der Waals surface area contributed by atoms with E-state index < -0.39 is 6.10 Å². The van der Waals surface area contributed by atoms with Gasteiger partial charge >= 0.3 is 0 Å². The Morgan fingerprint density at radius 3 is 2.18 bits per heavy atom. The van der Waals surface area contributed by atoms with Crippen LogP contribution in [-0.4, -0.2) is 72.4 Å². The van der Waals surface area contributed by atoms with Crippen molar-refractivity contribution in [1.82, 2.24) is 15.5 Å². The maximum Gasteiger partial charge on any atom is 0.254 e. The van der Waals surface area contributed by atoms with Crippen molar-refractivity contribution in [2.24, 2.45) is 0 Å². The molecule has 3 aliphatic rings. The highest BCUT2D eigenvalue weighted by molar-refractivity contribution is 5.98. The van der Waals surface area contributed by atoms with Gasteiger partial charge in [-0.3, -0.25) is 9.59 Å². The summed E-state index contributed by atoms with van der Waals surface area (Å²) in [6.07, 6.45) is 3.23. The van der Waals surface area contributed by atoms with Gasteiger partial charge in [0, 0.05) is 30.3 Å². The number of rotatable bonds is 7. The summed E-state index contributed by atoms with van der Waals surface area (Å²) in [5.41, 5.74) is 3.79. The molecule has 33 heavy (non-hydrogen) atoms. The number of nitrogens with zero attached hydrogens (tertiary/aromatic N) is 1. The van der Waals surface area contributed by atoms with E-state index in [1.54, 1.807) is 24.3 Å². The minimum atomic E-state index is -0.671. The summed E-state index contributed by atoms with van der Waals surface area (Å²) in [7, 11) is 0. The van der Waals surface area contributed by atoms with Crippen molar-refractivity contribution in [3.8, 4) is 0 Å². The second-order valence-corrected chi connectivity index (χ2v) is 9.36. The summed E-state index contributed by atoms with van der Waals surface area (Å²) in [6.45, 7) is 1.80. The fourth-order valence-corrected chi connectivity index (χ4v) is 5.26. The second kappa shape index (κ2) is 9.63. The van der Waals surface area contributed by atoms with E-state index in [1.807, 2.05) is 4.90 Å². The number of aliphatic hydroxyl groups is 1. The van der Waals surface area contributed by atoms with Gasteiger partial charge in [-0.2, -0.15) is 0 Å². The maximum atomic E-state index is 12.9. The molecule has 7 nitrogen and oxygen atoms in total. The van der Waals surface area contributed by atoms with Crippen LogP contribution in [0.15, 0.2) is 48.5 Å². The summed E-state index contributed by atoms with van der Waals surface area (Å²) >= 11 is 0. The van der Waals surface area contributed by atoms with Gasteiger partial charge in [0.2, 0.25) is 0 Å². The van der Waals surface area contributed by atoms with Crippen LogP contribution in [0.5, 0.6) is 0 Å². The molecular weight excluding hydrogens is 418 g/mol. The number of ether oxygens (including phenoxy) is 1. The van der Waals surface area contributed by atoms with E-state index in [2.05, 4.69) is 34.9 Å². The molecule has 2 saturated heterocycles. The van der Waals surface area contributed by atoms with Crippen LogP contribution in [0.3, 0.4) is 0 Å². The summed E-state index contributed by atoms with van der Waals surface area (Å²) in [6, 6.07) is 15.8. The van der Waals surface area contributed by atoms with Crippen LogP contribution in [0.25, 0.3) is 0 Å². The summed E-state index contributed by atoms with van der Waals surface area (Å²) in [5.74, 6) is -0.249. The Morgan fingerprint density at radius 2 is 1.55 bits per heavy atom. The molecule has 2 amide bonds. The van der Waals surface area contributed by atoms with Crippen molar-refractivity contribution in [3.05, 3.63) is 70.8 Å². The van der Waals surface area contributed by atoms with Crippen molar-refractivity contribution < 1.29 is 19.4 Å². The van der Waals surface area contributed by atoms with E-state index in [1.165, 1.54) is 11.1 Å². The molecule has 3 atom stereocenters. The van der Waals surface area contributed by atoms with E-state index in [0.717, 1.165) is 25.7 Å². The SMILES string of the molecule is O=C(NC[C@@H](O)CNC1Cc2ccccc2C1)c1ccc(C(=O)N2C3CCC2COC3)cc1. The van der Waals surface area contributed by atoms with Gasteiger partial charge in [0.25, 0.3) is 11.8 Å². The first kappa shape index (κ1) is 22.1. The molecule has 5 rings (SSSR count). The van der Waals surface area contributed by atoms with Crippen LogP contribution >= 0.6 is 0 Å². The molecule has 2 heterocycles. The lowest BCUT2D eigenvalue weighted by Gasteiger charge is -2.34. The number of benzene rings is 2. The van der Waals surface area contributed by atoms with Gasteiger partial charge in [-0.05, 0) is 61.1 Å². The van der Waals surface area contributed by atoms with E-state index >= 15 is 0 Å². The molecule has 0 saturated carbocycles. The highest BCUT2D eigenvalue weighted by atomic mass is 16.5. The average Bonchev–Trinajstić information content (AvgIpc) is 3.37. The van der Waals surface area contributed by atoms with E-state index in [0.29, 0.717) is 36.9 Å². The Kier molecular flexibility index (Phi) is 6.44. The predicted molar refractivity (Wildman–Crippen MR) is 124 cm³/mol. The van der Waals surface area contributed by atoms with E-state index in [-0.39, 0.29) is 30.4 Å². The number of carbonyl (C=O) groups is 2. The summed E-state index contributed by atoms with van der Waals surface area (Å²) < 4.78 is 5.56. The Bertz CT molecular complexity index is 968. The Morgan fingerprint density at radius 1 is 0.939 bits per heavy atom. The average molecular weight is 450 g/mol. The molecule has 2 aromatic rings. The molecule has 0 aromatic heterocycles. The number of carbonyl (C=O) groups excluding carboxylic acids is 2. The third-order valence-electron chi connectivity index (χ3n) is 7.06. The molecule has 3 N–H and O–H groups in total. The molecule has 2 aliphatic heterocycles. The zero-order valence-electron chi connectivity index (χ0n) is 18.7. The number of hydrogen-bond acceptors (Lipinski definition) is 5. The van der Waals surface area contributed by atoms with Gasteiger partial charge in [-0.1, -0.05) is 24.3 Å². The number of nitrogens with one attached hydrogen (secondary N) is 2. The zero-order chi connectivity index (χ0) is 22.8. The van der Waals surface area contributed by atoms with Gasteiger partial charge in [-0.15, -0.1) is 0 Å². The second-order valence-electron chi connectivity index (χ2n) is 9.36. The van der Waals surface area contributed by atoms with Crippen molar-refractivity contribution in [2.75, 3.05) is 26.3 Å². The van der Waals surface area contributed by atoms with Crippen LogP contribution in [0.2, 0.25) is 0 Å². The third kappa shape index (κ3) is 4.81. The molecule has 0 radical (unpaired) electrons. The predicted octanol–water partition coefficient (Wildman–Crippen LogP) is 1.54. The zero-order valence-corrected chi connectivity index (χ0v) is 18.7. The highest BCUT2D eigenvalue weighted by Gasteiger charge is 2.40. The largest absolute Gasteiger partial charge is 0.390 e. The van der Waals surface area contributed by atoms with Gasteiger partial charge in [0.05, 0.1) is 31.4 Å². The van der Waals surface area contributed by atoms with Crippen molar-refractivity contribution >= 4 is 11.8 Å². The van der Waals surface area contributed by atoms with Crippen molar-refractivity contribution in [1.29, 1.82) is 0 Å². The molecule has 0 spiro atoms. The van der Waals surface area contributed by atoms with Crippen LogP contribution in [0.4, 0.5) is 0 Å². The first-order valence-electron chi connectivity index (χ1n) is 11.9. The van der Waals surface area contributed by atoms with Crippen LogP contribution < -0.4 is 10.6 Å². The molecule has 1 aliphatic carbocycles. The number of amides is 2. The monoisotopic (exact) mass is 449 g/mol.